The lowest BCUT2D eigenvalue weighted by Gasteiger charge is -2.07. The first kappa shape index (κ1) is 14.4. The van der Waals surface area contributed by atoms with Crippen molar-refractivity contribution in [3.63, 3.8) is 0 Å². The van der Waals surface area contributed by atoms with Crippen LogP contribution < -0.4 is 10.0 Å². The Morgan fingerprint density at radius 1 is 1.29 bits per heavy atom. The molecule has 0 unspecified atom stereocenters. The molecule has 0 aliphatic heterocycles. The molecule has 0 spiro atoms. The molecule has 0 amide bonds. The van der Waals surface area contributed by atoms with Crippen LogP contribution in [0.4, 0.5) is 0 Å². The summed E-state index contributed by atoms with van der Waals surface area (Å²) in [7, 11) is -1.42. The minimum atomic E-state index is -3.22. The zero-order valence-electron chi connectivity index (χ0n) is 9.74. The summed E-state index contributed by atoms with van der Waals surface area (Å²) < 4.78 is 25.8. The maximum atomic E-state index is 11.6. The third-order valence-corrected chi connectivity index (χ3v) is 4.06. The van der Waals surface area contributed by atoms with Gasteiger partial charge in [0.05, 0.1) is 5.75 Å². The number of hydrogen-bond donors (Lipinski definition) is 2. The first-order valence-electron chi connectivity index (χ1n) is 5.40. The lowest BCUT2D eigenvalue weighted by molar-refractivity contribution is 0.577. The van der Waals surface area contributed by atoms with Crippen molar-refractivity contribution in [2.75, 3.05) is 19.3 Å². The van der Waals surface area contributed by atoms with E-state index in [2.05, 4.69) is 10.0 Å². The first-order valence-corrected chi connectivity index (χ1v) is 7.43. The van der Waals surface area contributed by atoms with Crippen LogP contribution in [0.15, 0.2) is 24.3 Å². The lowest BCUT2D eigenvalue weighted by atomic mass is 10.2. The summed E-state index contributed by atoms with van der Waals surface area (Å²) in [6.45, 7) is 0.925. The molecule has 0 aliphatic carbocycles. The SMILES string of the molecule is CNCCCS(=O)(=O)NCc1ccccc1Cl. The van der Waals surface area contributed by atoms with E-state index in [1.807, 2.05) is 12.1 Å². The lowest BCUT2D eigenvalue weighted by Crippen LogP contribution is -2.27. The van der Waals surface area contributed by atoms with Crippen molar-refractivity contribution >= 4 is 21.6 Å². The molecular weight excluding hydrogens is 260 g/mol. The summed E-state index contributed by atoms with van der Waals surface area (Å²) in [6, 6.07) is 7.19. The van der Waals surface area contributed by atoms with E-state index in [-0.39, 0.29) is 12.3 Å². The number of rotatable bonds is 7. The monoisotopic (exact) mass is 276 g/mol. The molecule has 2 N–H and O–H groups in total. The second-order valence-electron chi connectivity index (χ2n) is 3.69. The van der Waals surface area contributed by atoms with Crippen LogP contribution in [-0.2, 0) is 16.6 Å². The summed E-state index contributed by atoms with van der Waals surface area (Å²) in [6.07, 6.45) is 0.592. The molecule has 0 radical (unpaired) electrons. The van der Waals surface area contributed by atoms with E-state index >= 15 is 0 Å². The van der Waals surface area contributed by atoms with Gasteiger partial charge in [-0.3, -0.25) is 0 Å². The third-order valence-electron chi connectivity index (χ3n) is 2.28. The van der Waals surface area contributed by atoms with E-state index in [1.165, 1.54) is 0 Å². The average Bonchev–Trinajstić information content (AvgIpc) is 2.28. The number of nitrogens with one attached hydrogen (secondary N) is 2. The average molecular weight is 277 g/mol. The van der Waals surface area contributed by atoms with Crippen molar-refractivity contribution in [2.45, 2.75) is 13.0 Å². The van der Waals surface area contributed by atoms with E-state index in [1.54, 1.807) is 19.2 Å². The highest BCUT2D eigenvalue weighted by Gasteiger charge is 2.10. The smallest absolute Gasteiger partial charge is 0.211 e. The molecule has 0 saturated heterocycles. The van der Waals surface area contributed by atoms with Crippen LogP contribution in [0.1, 0.15) is 12.0 Å². The molecule has 96 valence electrons. The van der Waals surface area contributed by atoms with E-state index < -0.39 is 10.0 Å². The Morgan fingerprint density at radius 2 is 2.00 bits per heavy atom. The Kier molecular flexibility index (Phi) is 5.91. The molecule has 0 saturated carbocycles. The second-order valence-corrected chi connectivity index (χ2v) is 6.02. The molecule has 0 aliphatic rings. The highest BCUT2D eigenvalue weighted by atomic mass is 35.5. The fraction of sp³-hybridized carbons (Fsp3) is 0.455. The van der Waals surface area contributed by atoms with E-state index in [0.717, 1.165) is 5.56 Å². The van der Waals surface area contributed by atoms with Crippen LogP contribution >= 0.6 is 11.6 Å². The maximum absolute atomic E-state index is 11.6. The Morgan fingerprint density at radius 3 is 2.65 bits per heavy atom. The second kappa shape index (κ2) is 6.96. The van der Waals surface area contributed by atoms with Gasteiger partial charge in [-0.25, -0.2) is 13.1 Å². The fourth-order valence-corrected chi connectivity index (χ4v) is 2.59. The summed E-state index contributed by atoms with van der Waals surface area (Å²) in [5.74, 6) is 0.123. The first-order chi connectivity index (χ1) is 8.05. The molecular formula is C11H17ClN2O2S. The van der Waals surface area contributed by atoms with Crippen molar-refractivity contribution in [1.82, 2.24) is 10.0 Å². The largest absolute Gasteiger partial charge is 0.320 e. The number of benzene rings is 1. The molecule has 17 heavy (non-hydrogen) atoms. The number of sulfonamides is 1. The van der Waals surface area contributed by atoms with E-state index in [9.17, 15) is 8.42 Å². The fourth-order valence-electron chi connectivity index (χ4n) is 1.34. The minimum absolute atomic E-state index is 0.123. The molecule has 1 aromatic carbocycles. The van der Waals surface area contributed by atoms with Crippen molar-refractivity contribution in [1.29, 1.82) is 0 Å². The van der Waals surface area contributed by atoms with Gasteiger partial charge in [0.15, 0.2) is 0 Å². The van der Waals surface area contributed by atoms with E-state index in [0.29, 0.717) is 18.0 Å². The number of halogens is 1. The predicted molar refractivity (Wildman–Crippen MR) is 70.6 cm³/mol. The summed E-state index contributed by atoms with van der Waals surface area (Å²) in [4.78, 5) is 0. The normalized spacial score (nSPS) is 11.6. The van der Waals surface area contributed by atoms with Gasteiger partial charge in [0.25, 0.3) is 0 Å². The van der Waals surface area contributed by atoms with Gasteiger partial charge in [0, 0.05) is 11.6 Å². The summed E-state index contributed by atoms with van der Waals surface area (Å²) in [5.41, 5.74) is 0.784. The molecule has 0 bridgehead atoms. The Hall–Kier alpha value is -0.620. The van der Waals surface area contributed by atoms with Crippen molar-refractivity contribution in [3.05, 3.63) is 34.9 Å². The van der Waals surface area contributed by atoms with Crippen molar-refractivity contribution in [3.8, 4) is 0 Å². The molecule has 6 heteroatoms. The van der Waals surface area contributed by atoms with Gasteiger partial charge in [-0.15, -0.1) is 0 Å². The molecule has 0 heterocycles. The maximum Gasteiger partial charge on any atom is 0.211 e. The molecule has 0 fully saturated rings. The van der Waals surface area contributed by atoms with Crippen molar-refractivity contribution in [2.24, 2.45) is 0 Å². The Balaban J connectivity index is 2.47. The zero-order valence-corrected chi connectivity index (χ0v) is 11.3. The quantitative estimate of drug-likeness (QED) is 0.740. The standard InChI is InChI=1S/C11H17ClN2O2S/c1-13-7-4-8-17(15,16)14-9-10-5-2-3-6-11(10)12/h2-3,5-6,13-14H,4,7-9H2,1H3. The van der Waals surface area contributed by atoms with Gasteiger partial charge in [-0.1, -0.05) is 29.8 Å². The van der Waals surface area contributed by atoms with Gasteiger partial charge in [0.2, 0.25) is 10.0 Å². The van der Waals surface area contributed by atoms with Crippen molar-refractivity contribution < 1.29 is 8.42 Å². The topological polar surface area (TPSA) is 58.2 Å². The molecule has 1 rings (SSSR count). The molecule has 4 nitrogen and oxygen atoms in total. The van der Waals surface area contributed by atoms with Gasteiger partial charge in [0.1, 0.15) is 0 Å². The predicted octanol–water partition coefficient (Wildman–Crippen LogP) is 1.37. The van der Waals surface area contributed by atoms with Gasteiger partial charge < -0.3 is 5.32 Å². The molecule has 0 aromatic heterocycles. The van der Waals surface area contributed by atoms with Gasteiger partial charge in [-0.05, 0) is 31.6 Å². The highest BCUT2D eigenvalue weighted by Crippen LogP contribution is 2.14. The van der Waals surface area contributed by atoms with Gasteiger partial charge >= 0.3 is 0 Å². The number of hydrogen-bond acceptors (Lipinski definition) is 3. The Labute approximate surface area is 107 Å². The van der Waals surface area contributed by atoms with Crippen LogP contribution in [0.2, 0.25) is 5.02 Å². The third kappa shape index (κ3) is 5.50. The minimum Gasteiger partial charge on any atom is -0.320 e. The van der Waals surface area contributed by atoms with Crippen LogP contribution in [-0.4, -0.2) is 27.8 Å². The van der Waals surface area contributed by atoms with Crippen LogP contribution in [0, 0.1) is 0 Å². The van der Waals surface area contributed by atoms with Crippen LogP contribution in [0.25, 0.3) is 0 Å². The summed E-state index contributed by atoms with van der Waals surface area (Å²) in [5, 5.41) is 3.48. The van der Waals surface area contributed by atoms with Crippen LogP contribution in [0.5, 0.6) is 0 Å². The Bertz CT molecular complexity index is 449. The molecule has 1 aromatic rings. The zero-order chi connectivity index (χ0) is 12.7. The molecule has 0 atom stereocenters. The summed E-state index contributed by atoms with van der Waals surface area (Å²) >= 11 is 5.94. The highest BCUT2D eigenvalue weighted by molar-refractivity contribution is 7.89. The van der Waals surface area contributed by atoms with E-state index in [4.69, 9.17) is 11.6 Å². The van der Waals surface area contributed by atoms with Gasteiger partial charge in [-0.2, -0.15) is 0 Å². The van der Waals surface area contributed by atoms with Crippen LogP contribution in [0.3, 0.4) is 0 Å².